The first-order valence-electron chi connectivity index (χ1n) is 13.6. The number of aromatic amines is 1. The highest BCUT2D eigenvalue weighted by atomic mass is 16.4. The summed E-state index contributed by atoms with van der Waals surface area (Å²) in [6.07, 6.45) is 2.33. The number of nitrogens with one attached hydrogen (secondary N) is 4. The highest BCUT2D eigenvalue weighted by Gasteiger charge is 2.30. The third kappa shape index (κ3) is 9.34. The van der Waals surface area contributed by atoms with E-state index in [0.717, 1.165) is 22.0 Å². The number of aromatic nitrogens is 1. The van der Waals surface area contributed by atoms with Crippen molar-refractivity contribution in [3.63, 3.8) is 0 Å². The molecule has 3 aromatic rings. The Morgan fingerprint density at radius 3 is 2.14 bits per heavy atom. The Bertz CT molecular complexity index is 1400. The van der Waals surface area contributed by atoms with Gasteiger partial charge < -0.3 is 43.2 Å². The molecule has 11 N–H and O–H groups in total. The van der Waals surface area contributed by atoms with Gasteiger partial charge >= 0.3 is 5.97 Å². The zero-order chi connectivity index (χ0) is 30.6. The molecule has 4 unspecified atom stereocenters. The molecule has 2 aromatic carbocycles. The second-order valence-corrected chi connectivity index (χ2v) is 10.0. The minimum atomic E-state index is -1.24. The van der Waals surface area contributed by atoms with Gasteiger partial charge in [-0.1, -0.05) is 48.5 Å². The quantitative estimate of drug-likeness (QED) is 0.0687. The Morgan fingerprint density at radius 1 is 0.857 bits per heavy atom. The van der Waals surface area contributed by atoms with Crippen LogP contribution in [0, 0.1) is 0 Å². The van der Waals surface area contributed by atoms with Crippen molar-refractivity contribution in [1.29, 1.82) is 0 Å². The molecule has 13 heteroatoms. The Labute approximate surface area is 243 Å². The molecule has 0 radical (unpaired) electrons. The Morgan fingerprint density at radius 2 is 1.48 bits per heavy atom. The van der Waals surface area contributed by atoms with E-state index in [0.29, 0.717) is 6.42 Å². The molecule has 42 heavy (non-hydrogen) atoms. The van der Waals surface area contributed by atoms with Crippen molar-refractivity contribution in [2.45, 2.75) is 56.8 Å². The molecule has 3 rings (SSSR count). The number of carboxylic acids is 1. The lowest BCUT2D eigenvalue weighted by Gasteiger charge is -2.25. The molecule has 0 aliphatic heterocycles. The van der Waals surface area contributed by atoms with E-state index in [9.17, 15) is 24.3 Å². The second-order valence-electron chi connectivity index (χ2n) is 10.0. The number of para-hydroxylation sites is 1. The van der Waals surface area contributed by atoms with Crippen LogP contribution in [-0.4, -0.2) is 70.5 Å². The second kappa shape index (κ2) is 15.2. The minimum Gasteiger partial charge on any atom is -0.480 e. The normalized spacial score (nSPS) is 13.8. The van der Waals surface area contributed by atoms with Gasteiger partial charge in [-0.3, -0.25) is 19.4 Å². The molecular formula is C29H38N8O5. The van der Waals surface area contributed by atoms with Gasteiger partial charge in [0.2, 0.25) is 17.7 Å². The number of nitrogens with two attached hydrogens (primary N) is 3. The first kappa shape index (κ1) is 31.6. The SMILES string of the molecule is CC(N)C(=O)NC(Cc1c[nH]c2ccccc12)C(=O)NC(CCCN=C(N)N)C(=O)NC(Cc1ccccc1)C(=O)O. The summed E-state index contributed by atoms with van der Waals surface area (Å²) in [5, 5.41) is 18.6. The molecule has 0 bridgehead atoms. The zero-order valence-electron chi connectivity index (χ0n) is 23.4. The monoisotopic (exact) mass is 578 g/mol. The van der Waals surface area contributed by atoms with Crippen molar-refractivity contribution in [2.75, 3.05) is 6.54 Å². The van der Waals surface area contributed by atoms with Gasteiger partial charge in [-0.15, -0.1) is 0 Å². The lowest BCUT2D eigenvalue weighted by Crippen LogP contribution is -2.57. The van der Waals surface area contributed by atoms with Crippen LogP contribution in [-0.2, 0) is 32.0 Å². The standard InChI is InChI=1S/C29H38N8O5/c1-17(30)25(38)36-23(15-19-16-34-21-11-6-5-10-20(19)21)27(40)35-22(12-7-13-33-29(31)32)26(39)37-24(28(41)42)14-18-8-3-2-4-9-18/h2-6,8-11,16-17,22-24,34H,7,12-15,30H2,1H3,(H,35,40)(H,36,38)(H,37,39)(H,41,42)(H4,31,32,33). The zero-order valence-corrected chi connectivity index (χ0v) is 23.4. The number of fused-ring (bicyclic) bond motifs is 1. The summed E-state index contributed by atoms with van der Waals surface area (Å²) in [4.78, 5) is 58.5. The van der Waals surface area contributed by atoms with Crippen molar-refractivity contribution in [1.82, 2.24) is 20.9 Å². The van der Waals surface area contributed by atoms with Crippen molar-refractivity contribution in [3.8, 4) is 0 Å². The van der Waals surface area contributed by atoms with E-state index in [1.54, 1.807) is 36.5 Å². The van der Waals surface area contributed by atoms with Gasteiger partial charge in [0.05, 0.1) is 6.04 Å². The predicted molar refractivity (Wildman–Crippen MR) is 159 cm³/mol. The van der Waals surface area contributed by atoms with E-state index >= 15 is 0 Å². The summed E-state index contributed by atoms with van der Waals surface area (Å²) in [6.45, 7) is 1.68. The largest absolute Gasteiger partial charge is 0.480 e. The van der Waals surface area contributed by atoms with E-state index in [-0.39, 0.29) is 31.8 Å². The number of benzene rings is 2. The number of carbonyl (C=O) groups is 4. The Balaban J connectivity index is 1.82. The minimum absolute atomic E-state index is 0.0458. The summed E-state index contributed by atoms with van der Waals surface area (Å²) < 4.78 is 0. The summed E-state index contributed by atoms with van der Waals surface area (Å²) in [7, 11) is 0. The van der Waals surface area contributed by atoms with Crippen LogP contribution in [0.25, 0.3) is 10.9 Å². The van der Waals surface area contributed by atoms with Gasteiger partial charge in [0.1, 0.15) is 18.1 Å². The van der Waals surface area contributed by atoms with Gasteiger partial charge in [0.25, 0.3) is 0 Å². The average Bonchev–Trinajstić information content (AvgIpc) is 3.36. The van der Waals surface area contributed by atoms with E-state index in [1.165, 1.54) is 6.92 Å². The van der Waals surface area contributed by atoms with Gasteiger partial charge in [0.15, 0.2) is 5.96 Å². The molecule has 0 saturated carbocycles. The van der Waals surface area contributed by atoms with Gasteiger partial charge in [-0.25, -0.2) is 4.79 Å². The fourth-order valence-electron chi connectivity index (χ4n) is 4.40. The van der Waals surface area contributed by atoms with Gasteiger partial charge in [-0.2, -0.15) is 0 Å². The van der Waals surface area contributed by atoms with Crippen molar-refractivity contribution in [2.24, 2.45) is 22.2 Å². The first-order chi connectivity index (χ1) is 20.0. The molecule has 0 fully saturated rings. The summed E-state index contributed by atoms with van der Waals surface area (Å²) >= 11 is 0. The number of rotatable bonds is 15. The van der Waals surface area contributed by atoms with Crippen LogP contribution in [0.15, 0.2) is 65.8 Å². The number of aliphatic carboxylic acids is 1. The molecule has 4 atom stereocenters. The molecule has 224 valence electrons. The molecule has 13 nitrogen and oxygen atoms in total. The molecule has 0 saturated heterocycles. The van der Waals surface area contributed by atoms with Crippen LogP contribution in [0.2, 0.25) is 0 Å². The van der Waals surface area contributed by atoms with Crippen molar-refractivity contribution >= 4 is 40.6 Å². The van der Waals surface area contributed by atoms with Crippen LogP contribution >= 0.6 is 0 Å². The maximum absolute atomic E-state index is 13.6. The number of hydrogen-bond acceptors (Lipinski definition) is 6. The number of nitrogens with zero attached hydrogens (tertiary/aromatic N) is 1. The maximum atomic E-state index is 13.6. The smallest absolute Gasteiger partial charge is 0.326 e. The lowest BCUT2D eigenvalue weighted by molar-refractivity contribution is -0.142. The topological polar surface area (TPSA) is 231 Å². The van der Waals surface area contributed by atoms with Gasteiger partial charge in [-0.05, 0) is 37.0 Å². The molecule has 3 amide bonds. The highest BCUT2D eigenvalue weighted by molar-refractivity contribution is 5.94. The molecular weight excluding hydrogens is 540 g/mol. The number of guanidine groups is 1. The van der Waals surface area contributed by atoms with E-state index in [4.69, 9.17) is 17.2 Å². The fraction of sp³-hybridized carbons (Fsp3) is 0.345. The first-order valence-corrected chi connectivity index (χ1v) is 13.6. The van der Waals surface area contributed by atoms with Gasteiger partial charge in [0, 0.05) is 36.5 Å². The van der Waals surface area contributed by atoms with Crippen LogP contribution in [0.5, 0.6) is 0 Å². The van der Waals surface area contributed by atoms with Crippen LogP contribution in [0.3, 0.4) is 0 Å². The molecule has 0 spiro atoms. The Hall–Kier alpha value is -4.91. The fourth-order valence-corrected chi connectivity index (χ4v) is 4.40. The molecule has 1 heterocycles. The van der Waals surface area contributed by atoms with Crippen molar-refractivity contribution < 1.29 is 24.3 Å². The lowest BCUT2D eigenvalue weighted by atomic mass is 10.0. The van der Waals surface area contributed by atoms with Crippen LogP contribution in [0.4, 0.5) is 0 Å². The third-order valence-electron chi connectivity index (χ3n) is 6.62. The highest BCUT2D eigenvalue weighted by Crippen LogP contribution is 2.19. The molecule has 0 aliphatic rings. The van der Waals surface area contributed by atoms with Crippen LogP contribution < -0.4 is 33.2 Å². The van der Waals surface area contributed by atoms with Crippen molar-refractivity contribution in [3.05, 3.63) is 71.9 Å². The predicted octanol–water partition coefficient (Wildman–Crippen LogP) is -0.107. The maximum Gasteiger partial charge on any atom is 0.326 e. The van der Waals surface area contributed by atoms with Crippen LogP contribution in [0.1, 0.15) is 30.9 Å². The molecule has 0 aliphatic carbocycles. The molecule has 1 aromatic heterocycles. The van der Waals surface area contributed by atoms with E-state index in [1.807, 2.05) is 24.3 Å². The average molecular weight is 579 g/mol. The number of carboxylic acid groups (broad SMARTS) is 1. The van der Waals surface area contributed by atoms with E-state index in [2.05, 4.69) is 25.9 Å². The summed E-state index contributed by atoms with van der Waals surface area (Å²) in [5.41, 5.74) is 18.9. The van der Waals surface area contributed by atoms with E-state index < -0.39 is 47.9 Å². The third-order valence-corrected chi connectivity index (χ3v) is 6.62. The number of aliphatic imine (C=N–C) groups is 1. The summed E-state index contributed by atoms with van der Waals surface area (Å²) in [6, 6.07) is 12.0. The Kier molecular flexibility index (Phi) is 11.4. The number of H-pyrrole nitrogens is 1. The number of amides is 3. The summed E-state index contributed by atoms with van der Waals surface area (Å²) in [5.74, 6) is -3.21. The number of carbonyl (C=O) groups excluding carboxylic acids is 3. The number of hydrogen-bond donors (Lipinski definition) is 8.